The largest absolute Gasteiger partial charge is 0.485 e. The van der Waals surface area contributed by atoms with Gasteiger partial charge >= 0.3 is 0 Å². The number of carbonyl (C=O) groups is 1. The zero-order valence-electron chi connectivity index (χ0n) is 17.2. The average Bonchev–Trinajstić information content (AvgIpc) is 3.13. The molecule has 1 aromatic heterocycles. The van der Waals surface area contributed by atoms with Gasteiger partial charge in [0.15, 0.2) is 11.0 Å². The maximum Gasteiger partial charge on any atom is 0.271 e. The molecule has 3 aromatic rings. The quantitative estimate of drug-likeness (QED) is 0.197. The molecule has 1 N–H and O–H groups in total. The van der Waals surface area contributed by atoms with E-state index in [4.69, 9.17) is 16.3 Å². The molecular formula is C21H20ClN5O4S. The number of nitrogens with zero attached hydrogens (tertiary/aromatic N) is 4. The number of allylic oxidation sites excluding steroid dienone is 1. The Hall–Kier alpha value is -3.37. The Labute approximate surface area is 193 Å². The van der Waals surface area contributed by atoms with Crippen molar-refractivity contribution in [3.8, 4) is 5.75 Å². The van der Waals surface area contributed by atoms with Crippen LogP contribution in [-0.2, 0) is 17.9 Å². The summed E-state index contributed by atoms with van der Waals surface area (Å²) in [6.07, 6.45) is 1.70. The third kappa shape index (κ3) is 6.08. The molecule has 0 aliphatic carbocycles. The molecule has 1 heterocycles. The Kier molecular flexibility index (Phi) is 7.85. The van der Waals surface area contributed by atoms with Crippen LogP contribution in [0.15, 0.2) is 60.3 Å². The topological polar surface area (TPSA) is 112 Å². The number of hydrogen-bond acceptors (Lipinski definition) is 7. The zero-order chi connectivity index (χ0) is 23.1. The number of amides is 1. The molecule has 2 aromatic carbocycles. The number of nitro benzene ring substituents is 1. The Morgan fingerprint density at radius 1 is 1.34 bits per heavy atom. The molecule has 0 saturated carbocycles. The first-order chi connectivity index (χ1) is 15.4. The van der Waals surface area contributed by atoms with Crippen molar-refractivity contribution in [2.24, 2.45) is 0 Å². The van der Waals surface area contributed by atoms with Crippen LogP contribution in [0.1, 0.15) is 11.4 Å². The highest BCUT2D eigenvalue weighted by Gasteiger charge is 2.15. The van der Waals surface area contributed by atoms with Crippen LogP contribution in [0.3, 0.4) is 0 Å². The summed E-state index contributed by atoms with van der Waals surface area (Å²) >= 11 is 7.17. The van der Waals surface area contributed by atoms with Gasteiger partial charge in [0.25, 0.3) is 5.69 Å². The minimum Gasteiger partial charge on any atom is -0.485 e. The molecule has 32 heavy (non-hydrogen) atoms. The van der Waals surface area contributed by atoms with Crippen LogP contribution >= 0.6 is 23.4 Å². The molecule has 0 aliphatic heterocycles. The van der Waals surface area contributed by atoms with Gasteiger partial charge in [-0.1, -0.05) is 35.5 Å². The number of benzene rings is 2. The van der Waals surface area contributed by atoms with Crippen LogP contribution in [0.25, 0.3) is 0 Å². The number of non-ortho nitro benzene ring substituents is 1. The van der Waals surface area contributed by atoms with Gasteiger partial charge in [-0.15, -0.1) is 16.8 Å². The molecule has 0 radical (unpaired) electrons. The van der Waals surface area contributed by atoms with Gasteiger partial charge in [-0.3, -0.25) is 19.5 Å². The first-order valence-corrected chi connectivity index (χ1v) is 10.8. The van der Waals surface area contributed by atoms with Crippen LogP contribution < -0.4 is 10.1 Å². The maximum atomic E-state index is 12.3. The summed E-state index contributed by atoms with van der Waals surface area (Å²) in [7, 11) is 0. The molecule has 0 spiro atoms. The van der Waals surface area contributed by atoms with Gasteiger partial charge in [-0.25, -0.2) is 0 Å². The second kappa shape index (κ2) is 10.8. The number of aryl methyl sites for hydroxylation is 1. The summed E-state index contributed by atoms with van der Waals surface area (Å²) in [5.74, 6) is 1.00. The van der Waals surface area contributed by atoms with Gasteiger partial charge < -0.3 is 10.1 Å². The third-order valence-corrected chi connectivity index (χ3v) is 5.47. The fourth-order valence-electron chi connectivity index (χ4n) is 2.79. The maximum absolute atomic E-state index is 12.3. The molecule has 0 fully saturated rings. The molecule has 166 valence electrons. The third-order valence-electron chi connectivity index (χ3n) is 4.27. The normalized spacial score (nSPS) is 10.6. The molecular weight excluding hydrogens is 454 g/mol. The van der Waals surface area contributed by atoms with Crippen molar-refractivity contribution in [3.63, 3.8) is 0 Å². The van der Waals surface area contributed by atoms with E-state index in [-0.39, 0.29) is 24.0 Å². The number of ether oxygens (including phenoxy) is 1. The fourth-order valence-corrected chi connectivity index (χ4v) is 3.78. The Morgan fingerprint density at radius 2 is 2.16 bits per heavy atom. The molecule has 1 amide bonds. The van der Waals surface area contributed by atoms with Gasteiger partial charge in [-0.2, -0.15) is 0 Å². The van der Waals surface area contributed by atoms with Crippen molar-refractivity contribution >= 4 is 40.6 Å². The molecule has 0 aliphatic rings. The molecule has 0 bridgehead atoms. The number of anilines is 1. The van der Waals surface area contributed by atoms with E-state index in [1.54, 1.807) is 24.3 Å². The first-order valence-electron chi connectivity index (χ1n) is 9.46. The molecule has 0 saturated heterocycles. The number of aromatic nitrogens is 3. The second-order valence-corrected chi connectivity index (χ2v) is 8.02. The molecule has 3 rings (SSSR count). The number of halogens is 1. The summed E-state index contributed by atoms with van der Waals surface area (Å²) in [5, 5.41) is 23.0. The summed E-state index contributed by atoms with van der Waals surface area (Å²) in [6.45, 7) is 6.29. The monoisotopic (exact) mass is 473 g/mol. The molecule has 0 atom stereocenters. The van der Waals surface area contributed by atoms with Gasteiger partial charge in [0.05, 0.1) is 10.7 Å². The summed E-state index contributed by atoms with van der Waals surface area (Å²) < 4.78 is 7.66. The smallest absolute Gasteiger partial charge is 0.271 e. The molecule has 11 heteroatoms. The standard InChI is InChI=1S/C21H20ClN5O4S/c1-3-9-26-19(12-31-18-8-7-15(22)10-14(18)2)24-25-21(26)32-13-20(28)23-16-5-4-6-17(11-16)27(29)30/h3-8,10-11H,1,9,12-13H2,2H3,(H,23,28). The Bertz CT molecular complexity index is 1150. The van der Waals surface area contributed by atoms with Crippen molar-refractivity contribution in [1.82, 2.24) is 14.8 Å². The Morgan fingerprint density at radius 3 is 2.88 bits per heavy atom. The Balaban J connectivity index is 1.63. The van der Waals surface area contributed by atoms with Crippen molar-refractivity contribution < 1.29 is 14.5 Å². The second-order valence-electron chi connectivity index (χ2n) is 6.64. The van der Waals surface area contributed by atoms with Crippen LogP contribution in [-0.4, -0.2) is 31.3 Å². The lowest BCUT2D eigenvalue weighted by atomic mass is 10.2. The fraction of sp³-hybridized carbons (Fsp3) is 0.190. The van der Waals surface area contributed by atoms with Gasteiger partial charge in [-0.05, 0) is 36.8 Å². The SMILES string of the molecule is C=CCn1c(COc2ccc(Cl)cc2C)nnc1SCC(=O)Nc1cccc([N+](=O)[O-])c1. The number of hydrogen-bond donors (Lipinski definition) is 1. The lowest BCUT2D eigenvalue weighted by Crippen LogP contribution is -2.15. The van der Waals surface area contributed by atoms with E-state index in [0.717, 1.165) is 5.56 Å². The predicted molar refractivity (Wildman–Crippen MR) is 123 cm³/mol. The van der Waals surface area contributed by atoms with Crippen LogP contribution in [0, 0.1) is 17.0 Å². The minimum absolute atomic E-state index is 0.0507. The van der Waals surface area contributed by atoms with Crippen molar-refractivity contribution in [2.75, 3.05) is 11.1 Å². The van der Waals surface area contributed by atoms with Crippen molar-refractivity contribution in [3.05, 3.63) is 81.6 Å². The van der Waals surface area contributed by atoms with Crippen molar-refractivity contribution in [2.45, 2.75) is 25.2 Å². The first kappa shape index (κ1) is 23.3. The van der Waals surface area contributed by atoms with Gasteiger partial charge in [0.2, 0.25) is 5.91 Å². The molecule has 0 unspecified atom stereocenters. The highest BCUT2D eigenvalue weighted by Crippen LogP contribution is 2.24. The van der Waals surface area contributed by atoms with Crippen LogP contribution in [0.4, 0.5) is 11.4 Å². The number of thioether (sulfide) groups is 1. The van der Waals surface area contributed by atoms with E-state index < -0.39 is 4.92 Å². The van der Waals surface area contributed by atoms with Gasteiger partial charge in [0.1, 0.15) is 12.4 Å². The number of nitrogens with one attached hydrogen (secondary N) is 1. The van der Waals surface area contributed by atoms with Crippen molar-refractivity contribution in [1.29, 1.82) is 0 Å². The molecule has 9 nitrogen and oxygen atoms in total. The zero-order valence-corrected chi connectivity index (χ0v) is 18.7. The predicted octanol–water partition coefficient (Wildman–Crippen LogP) is 4.64. The minimum atomic E-state index is -0.517. The van der Waals surface area contributed by atoms with Crippen LogP contribution in [0.5, 0.6) is 5.75 Å². The van der Waals surface area contributed by atoms with Crippen LogP contribution in [0.2, 0.25) is 5.02 Å². The van der Waals surface area contributed by atoms with E-state index in [0.29, 0.717) is 34.0 Å². The number of nitro groups is 1. The van der Waals surface area contributed by atoms with E-state index >= 15 is 0 Å². The number of carbonyl (C=O) groups excluding carboxylic acids is 1. The van der Waals surface area contributed by atoms with E-state index in [9.17, 15) is 14.9 Å². The van der Waals surface area contributed by atoms with E-state index in [1.807, 2.05) is 17.6 Å². The summed E-state index contributed by atoms with van der Waals surface area (Å²) in [6, 6.07) is 11.1. The van der Waals surface area contributed by atoms with E-state index in [2.05, 4.69) is 22.1 Å². The lowest BCUT2D eigenvalue weighted by molar-refractivity contribution is -0.384. The van der Waals surface area contributed by atoms with E-state index in [1.165, 1.54) is 30.0 Å². The summed E-state index contributed by atoms with van der Waals surface area (Å²) in [4.78, 5) is 22.7. The highest BCUT2D eigenvalue weighted by atomic mass is 35.5. The average molecular weight is 474 g/mol. The summed E-state index contributed by atoms with van der Waals surface area (Å²) in [5.41, 5.74) is 1.16. The van der Waals surface area contributed by atoms with Gasteiger partial charge in [0, 0.05) is 29.4 Å². The number of rotatable bonds is 10. The lowest BCUT2D eigenvalue weighted by Gasteiger charge is -2.11. The highest BCUT2D eigenvalue weighted by molar-refractivity contribution is 7.99.